The van der Waals surface area contributed by atoms with Crippen LogP contribution >= 0.6 is 0 Å². The molecule has 0 amide bonds. The molecule has 0 fully saturated rings. The molecule has 3 heteroatoms. The SMILES string of the molecule is CC1(C)c2ccccc2-c2c(-c3cccc4c3C3=C(C=CCC3)C43c4ccccc4-c4ccccc43)nc(-n3c4ccccc4c4cc5ccccc5cc43)nc21. The number of allylic oxidation sites excluding steroid dienone is 4. The van der Waals surface area contributed by atoms with Gasteiger partial charge in [-0.05, 0) is 97.5 Å². The van der Waals surface area contributed by atoms with Gasteiger partial charge in [-0.1, -0.05) is 159 Å². The third-order valence-corrected chi connectivity index (χ3v) is 13.7. The van der Waals surface area contributed by atoms with Crippen LogP contribution in [0.1, 0.15) is 60.2 Å². The zero-order valence-electron chi connectivity index (χ0n) is 31.8. The van der Waals surface area contributed by atoms with Crippen LogP contribution in [0.25, 0.3) is 77.6 Å². The maximum Gasteiger partial charge on any atom is 0.235 e. The lowest BCUT2D eigenvalue weighted by Crippen LogP contribution is -2.27. The van der Waals surface area contributed by atoms with Crippen molar-refractivity contribution >= 4 is 38.2 Å². The van der Waals surface area contributed by atoms with E-state index in [1.54, 1.807) is 0 Å². The molecule has 0 atom stereocenters. The smallest absolute Gasteiger partial charge is 0.235 e. The van der Waals surface area contributed by atoms with Crippen LogP contribution in [0.15, 0.2) is 169 Å². The number of hydrogen-bond donors (Lipinski definition) is 0. The molecule has 268 valence electrons. The summed E-state index contributed by atoms with van der Waals surface area (Å²) in [7, 11) is 0. The molecule has 0 radical (unpaired) electrons. The van der Waals surface area contributed by atoms with Gasteiger partial charge in [-0.25, -0.2) is 9.97 Å². The van der Waals surface area contributed by atoms with Crippen molar-refractivity contribution in [1.82, 2.24) is 14.5 Å². The first-order valence-electron chi connectivity index (χ1n) is 20.2. The second-order valence-electron chi connectivity index (χ2n) is 16.7. The van der Waals surface area contributed by atoms with Gasteiger partial charge in [0.05, 0.1) is 27.8 Å². The second-order valence-corrected chi connectivity index (χ2v) is 16.7. The predicted octanol–water partition coefficient (Wildman–Crippen LogP) is 13.1. The van der Waals surface area contributed by atoms with Crippen LogP contribution in [0, 0.1) is 0 Å². The van der Waals surface area contributed by atoms with E-state index in [-0.39, 0.29) is 5.41 Å². The Hall–Kier alpha value is -6.84. The Bertz CT molecular complexity index is 3290. The van der Waals surface area contributed by atoms with Crippen LogP contribution in [0.5, 0.6) is 0 Å². The number of aromatic nitrogens is 3. The second kappa shape index (κ2) is 10.9. The van der Waals surface area contributed by atoms with Gasteiger partial charge in [0, 0.05) is 27.3 Å². The van der Waals surface area contributed by atoms with Crippen molar-refractivity contribution in [2.45, 2.75) is 37.5 Å². The largest absolute Gasteiger partial charge is 0.278 e. The Morgan fingerprint density at radius 1 is 0.526 bits per heavy atom. The lowest BCUT2D eigenvalue weighted by atomic mass is 9.69. The minimum absolute atomic E-state index is 0.329. The van der Waals surface area contributed by atoms with Crippen molar-refractivity contribution in [1.29, 1.82) is 0 Å². The van der Waals surface area contributed by atoms with Crippen molar-refractivity contribution in [2.24, 2.45) is 0 Å². The van der Waals surface area contributed by atoms with Crippen LogP contribution in [0.3, 0.4) is 0 Å². The lowest BCUT2D eigenvalue weighted by molar-refractivity contribution is 0.632. The van der Waals surface area contributed by atoms with Crippen molar-refractivity contribution in [3.63, 3.8) is 0 Å². The van der Waals surface area contributed by atoms with Crippen LogP contribution < -0.4 is 0 Å². The van der Waals surface area contributed by atoms with Gasteiger partial charge in [-0.2, -0.15) is 0 Å². The number of nitrogens with zero attached hydrogens (tertiary/aromatic N) is 3. The normalized spacial score (nSPS) is 16.2. The molecule has 0 bridgehead atoms. The number of hydrogen-bond acceptors (Lipinski definition) is 2. The molecule has 0 saturated carbocycles. The topological polar surface area (TPSA) is 30.7 Å². The van der Waals surface area contributed by atoms with E-state index in [1.165, 1.54) is 82.8 Å². The van der Waals surface area contributed by atoms with Crippen LogP contribution in [0.4, 0.5) is 0 Å². The summed E-state index contributed by atoms with van der Waals surface area (Å²) in [6, 6.07) is 56.2. The van der Waals surface area contributed by atoms with Crippen molar-refractivity contribution in [3.8, 4) is 39.5 Å². The monoisotopic (exact) mass is 727 g/mol. The first-order chi connectivity index (χ1) is 28.0. The molecule has 0 unspecified atom stereocenters. The Morgan fingerprint density at radius 3 is 1.95 bits per heavy atom. The third kappa shape index (κ3) is 3.82. The molecule has 7 aromatic carbocycles. The zero-order chi connectivity index (χ0) is 37.6. The molecule has 13 rings (SSSR count). The molecule has 4 aliphatic carbocycles. The van der Waals surface area contributed by atoms with Crippen molar-refractivity contribution in [3.05, 3.63) is 203 Å². The first-order valence-corrected chi connectivity index (χ1v) is 20.2. The predicted molar refractivity (Wildman–Crippen MR) is 234 cm³/mol. The molecular formula is C54H37N3. The van der Waals surface area contributed by atoms with E-state index >= 15 is 0 Å². The Morgan fingerprint density at radius 2 is 1.16 bits per heavy atom. The standard InChI is InChI=1S/C54H37N3/c1-53(2)41-24-10-7-21-37(41)49-50(55-52(56-51(49)53)57-46-29-14-9-20-36(46)40-30-32-16-3-4-17-33(32)31-47(40)57)39-23-15-28-45-48(39)38-22-8-13-27-44(38)54(45)42-25-11-5-18-34(42)35-19-6-12-26-43(35)54/h3-7,9-21,23-31H,8,22H2,1-2H3. The molecule has 57 heavy (non-hydrogen) atoms. The molecule has 2 heterocycles. The van der Waals surface area contributed by atoms with E-state index in [1.807, 2.05) is 0 Å². The summed E-state index contributed by atoms with van der Waals surface area (Å²) in [5.74, 6) is 0.714. The maximum atomic E-state index is 5.83. The van der Waals surface area contributed by atoms with E-state index in [0.29, 0.717) is 5.95 Å². The van der Waals surface area contributed by atoms with Gasteiger partial charge in [0.15, 0.2) is 0 Å². The summed E-state index contributed by atoms with van der Waals surface area (Å²) < 4.78 is 2.32. The average Bonchev–Trinajstić information content (AvgIpc) is 3.93. The van der Waals surface area contributed by atoms with Crippen molar-refractivity contribution < 1.29 is 0 Å². The van der Waals surface area contributed by atoms with Crippen LogP contribution in [-0.4, -0.2) is 14.5 Å². The molecule has 0 N–H and O–H groups in total. The van der Waals surface area contributed by atoms with Gasteiger partial charge in [-0.3, -0.25) is 4.57 Å². The fraction of sp³-hybridized carbons (Fsp3) is 0.111. The Kier molecular flexibility index (Phi) is 6.01. The highest BCUT2D eigenvalue weighted by molar-refractivity contribution is 6.13. The quantitative estimate of drug-likeness (QED) is 0.177. The van der Waals surface area contributed by atoms with E-state index < -0.39 is 5.41 Å². The fourth-order valence-electron chi connectivity index (χ4n) is 11.3. The van der Waals surface area contributed by atoms with Gasteiger partial charge in [-0.15, -0.1) is 0 Å². The van der Waals surface area contributed by atoms with Gasteiger partial charge in [0.1, 0.15) is 0 Å². The molecular weight excluding hydrogens is 691 g/mol. The number of para-hydroxylation sites is 1. The van der Waals surface area contributed by atoms with E-state index in [9.17, 15) is 0 Å². The number of benzene rings is 7. The number of fused-ring (bicyclic) bond motifs is 16. The summed E-state index contributed by atoms with van der Waals surface area (Å²) in [6.07, 6.45) is 6.84. The highest BCUT2D eigenvalue weighted by Gasteiger charge is 2.53. The molecule has 3 nitrogen and oxygen atoms in total. The highest BCUT2D eigenvalue weighted by Crippen LogP contribution is 2.65. The fourth-order valence-corrected chi connectivity index (χ4v) is 11.3. The van der Waals surface area contributed by atoms with Gasteiger partial charge in [0.2, 0.25) is 5.95 Å². The molecule has 0 aliphatic heterocycles. The highest BCUT2D eigenvalue weighted by atomic mass is 15.2. The molecule has 4 aliphatic rings. The van der Waals surface area contributed by atoms with Crippen molar-refractivity contribution in [2.75, 3.05) is 0 Å². The first kappa shape index (κ1) is 31.4. The lowest BCUT2D eigenvalue weighted by Gasteiger charge is -2.32. The van der Waals surface area contributed by atoms with E-state index in [0.717, 1.165) is 40.8 Å². The minimum Gasteiger partial charge on any atom is -0.278 e. The average molecular weight is 728 g/mol. The van der Waals surface area contributed by atoms with Gasteiger partial charge in [0.25, 0.3) is 0 Å². The summed E-state index contributed by atoms with van der Waals surface area (Å²) >= 11 is 0. The van der Waals surface area contributed by atoms with E-state index in [2.05, 4.69) is 182 Å². The summed E-state index contributed by atoms with van der Waals surface area (Å²) in [4.78, 5) is 11.5. The molecule has 0 saturated heterocycles. The van der Waals surface area contributed by atoms with Crippen LogP contribution in [0.2, 0.25) is 0 Å². The zero-order valence-corrected chi connectivity index (χ0v) is 31.8. The Labute approximate surface area is 331 Å². The van der Waals surface area contributed by atoms with Gasteiger partial charge < -0.3 is 0 Å². The van der Waals surface area contributed by atoms with Gasteiger partial charge >= 0.3 is 0 Å². The minimum atomic E-state index is -0.394. The Balaban J connectivity index is 1.17. The number of rotatable bonds is 2. The summed E-state index contributed by atoms with van der Waals surface area (Å²) in [6.45, 7) is 4.67. The third-order valence-electron chi connectivity index (χ3n) is 13.7. The van der Waals surface area contributed by atoms with E-state index in [4.69, 9.17) is 9.97 Å². The summed E-state index contributed by atoms with van der Waals surface area (Å²) in [5, 5.41) is 4.85. The molecule has 9 aromatic rings. The molecule has 2 aromatic heterocycles. The maximum absolute atomic E-state index is 5.83. The van der Waals surface area contributed by atoms with Crippen LogP contribution in [-0.2, 0) is 10.8 Å². The summed E-state index contributed by atoms with van der Waals surface area (Å²) in [5.41, 5.74) is 19.4. The molecule has 1 spiro atoms.